The second-order valence-electron chi connectivity index (χ2n) is 17.5. The lowest BCUT2D eigenvalue weighted by molar-refractivity contribution is -0.147. The maximum atomic E-state index is 12.2. The number of unbranched alkanes of at least 4 members (excludes halogenated alkanes) is 26. The van der Waals surface area contributed by atoms with Gasteiger partial charge in [-0.25, -0.2) is 4.57 Å². The molecule has 0 saturated heterocycles. The van der Waals surface area contributed by atoms with Crippen LogP contribution < -0.4 is 5.32 Å². The Kier molecular flexibility index (Phi) is 48.3. The first-order chi connectivity index (χ1) is 31.3. The highest BCUT2D eigenvalue weighted by Crippen LogP contribution is 2.42. The maximum Gasteiger partial charge on any atom is 0.472 e. The molecule has 1 amide bonds. The van der Waals surface area contributed by atoms with Gasteiger partial charge in [-0.1, -0.05) is 229 Å². The van der Waals surface area contributed by atoms with Gasteiger partial charge in [-0.3, -0.25) is 18.6 Å². The summed E-state index contributed by atoms with van der Waals surface area (Å²) in [6, 6.07) is 0. The van der Waals surface area contributed by atoms with Crippen molar-refractivity contribution in [3.05, 3.63) is 60.8 Å². The zero-order valence-corrected chi connectivity index (χ0v) is 42.1. The summed E-state index contributed by atoms with van der Waals surface area (Å²) in [6.45, 7) is 3.43. The number of amides is 1. The van der Waals surface area contributed by atoms with Crippen molar-refractivity contribution in [1.29, 1.82) is 0 Å². The predicted octanol–water partition coefficient (Wildman–Crippen LogP) is 15.6. The molecule has 0 aromatic carbocycles. The number of nitrogens with one attached hydrogen (secondary N) is 1. The Bertz CT molecular complexity index is 1230. The van der Waals surface area contributed by atoms with Crippen LogP contribution in [0.4, 0.5) is 0 Å². The van der Waals surface area contributed by atoms with Crippen molar-refractivity contribution in [3.63, 3.8) is 0 Å². The number of rotatable bonds is 49. The number of carbonyl (C=O) groups is 2. The van der Waals surface area contributed by atoms with Crippen LogP contribution in [0, 0.1) is 0 Å². The fourth-order valence-corrected chi connectivity index (χ4v) is 8.05. The molecule has 0 aliphatic rings. The van der Waals surface area contributed by atoms with Gasteiger partial charge in [-0.2, -0.15) is 0 Å². The number of phosphoric ester groups is 1. The molecule has 0 bridgehead atoms. The molecule has 9 nitrogen and oxygen atoms in total. The summed E-state index contributed by atoms with van der Waals surface area (Å²) >= 11 is 0. The summed E-state index contributed by atoms with van der Waals surface area (Å²) in [4.78, 5) is 34.1. The monoisotopic (exact) mass is 920 g/mol. The average molecular weight is 920 g/mol. The van der Waals surface area contributed by atoms with E-state index in [1.165, 1.54) is 135 Å². The highest BCUT2D eigenvalue weighted by Gasteiger charge is 2.23. The van der Waals surface area contributed by atoms with Crippen molar-refractivity contribution in [3.8, 4) is 0 Å². The van der Waals surface area contributed by atoms with Gasteiger partial charge in [0, 0.05) is 19.4 Å². The van der Waals surface area contributed by atoms with E-state index in [0.29, 0.717) is 12.8 Å². The van der Waals surface area contributed by atoms with E-state index in [1.54, 1.807) is 0 Å². The van der Waals surface area contributed by atoms with Gasteiger partial charge >= 0.3 is 13.8 Å². The Hall–Kier alpha value is -2.29. The van der Waals surface area contributed by atoms with E-state index in [0.717, 1.165) is 70.6 Å². The Labute approximate surface area is 393 Å². The molecule has 10 heteroatoms. The van der Waals surface area contributed by atoms with Crippen molar-refractivity contribution >= 4 is 19.7 Å². The van der Waals surface area contributed by atoms with Crippen LogP contribution in [0.25, 0.3) is 0 Å². The molecule has 0 fully saturated rings. The molecule has 2 atom stereocenters. The SMILES string of the molecule is CC/C=C\C/C=C\C/C=C\C/C=C\C/C=C\CCCCCC(=O)OCC(O)COP(=O)(O)OCCNC(=O)CCCCCCCCCCCCCCCCCCCCCCCCCC. The topological polar surface area (TPSA) is 131 Å². The lowest BCUT2D eigenvalue weighted by Gasteiger charge is -2.15. The second-order valence-corrected chi connectivity index (χ2v) is 18.9. The summed E-state index contributed by atoms with van der Waals surface area (Å²) in [5.74, 6) is -0.544. The average Bonchev–Trinajstić information content (AvgIpc) is 3.28. The fraction of sp³-hybridized carbons (Fsp3) is 0.778. The minimum Gasteiger partial charge on any atom is -0.463 e. The van der Waals surface area contributed by atoms with Gasteiger partial charge < -0.3 is 20.1 Å². The number of carbonyl (C=O) groups excluding carboxylic acids is 2. The van der Waals surface area contributed by atoms with E-state index in [-0.39, 0.29) is 32.1 Å². The third-order valence-corrected chi connectivity index (χ3v) is 12.2. The fourth-order valence-electron chi connectivity index (χ4n) is 7.29. The number of aliphatic hydroxyl groups is 1. The Morgan fingerprint density at radius 1 is 0.500 bits per heavy atom. The first-order valence-electron chi connectivity index (χ1n) is 26.3. The van der Waals surface area contributed by atoms with Gasteiger partial charge in [0.2, 0.25) is 5.91 Å². The second kappa shape index (κ2) is 50.1. The number of hydrogen-bond acceptors (Lipinski definition) is 7. The van der Waals surface area contributed by atoms with Gasteiger partial charge in [0.15, 0.2) is 0 Å². The van der Waals surface area contributed by atoms with Gasteiger partial charge in [-0.05, 0) is 57.8 Å². The van der Waals surface area contributed by atoms with E-state index in [2.05, 4.69) is 79.9 Å². The van der Waals surface area contributed by atoms with Crippen molar-refractivity contribution in [2.24, 2.45) is 0 Å². The summed E-state index contributed by atoms with van der Waals surface area (Å²) in [7, 11) is -4.43. The zero-order valence-electron chi connectivity index (χ0n) is 41.2. The van der Waals surface area contributed by atoms with Crippen molar-refractivity contribution < 1.29 is 37.9 Å². The molecule has 0 aliphatic heterocycles. The summed E-state index contributed by atoms with van der Waals surface area (Å²) in [5, 5.41) is 12.7. The molecule has 0 aromatic rings. The molecular weight excluding hydrogens is 822 g/mol. The molecule has 0 saturated carbocycles. The molecule has 0 aliphatic carbocycles. The molecule has 3 N–H and O–H groups in total. The normalized spacial score (nSPS) is 13.6. The van der Waals surface area contributed by atoms with Crippen molar-refractivity contribution in [2.45, 2.75) is 245 Å². The van der Waals surface area contributed by atoms with E-state index in [9.17, 15) is 24.2 Å². The molecule has 0 radical (unpaired) electrons. The number of aliphatic hydroxyl groups excluding tert-OH is 1. The van der Waals surface area contributed by atoms with Crippen molar-refractivity contribution in [2.75, 3.05) is 26.4 Å². The van der Waals surface area contributed by atoms with E-state index >= 15 is 0 Å². The number of esters is 1. The zero-order chi connectivity index (χ0) is 46.7. The standard InChI is InChI=1S/C54H98NO8P/c1-3-5-7-9-11-13-15-17-19-21-23-24-25-26-27-29-30-32-34-36-38-40-42-44-46-53(57)55-48-49-62-64(59,60)63-51-52(56)50-61-54(58)47-45-43-41-39-37-35-33-31-28-22-20-18-16-14-12-10-8-6-4-2/h6,8,12,14,18,20,28,31,35,37,52,56H,3-5,7,9-11,13,15-17,19,21-27,29-30,32-34,36,38-51H2,1-2H3,(H,55,57)(H,59,60)/b8-6-,14-12-,20-18-,31-28-,37-35-. The lowest BCUT2D eigenvalue weighted by Crippen LogP contribution is -2.27. The molecular formula is C54H98NO8P. The highest BCUT2D eigenvalue weighted by molar-refractivity contribution is 7.47. The molecule has 0 rings (SSSR count). The number of phosphoric acid groups is 1. The van der Waals surface area contributed by atoms with Crippen LogP contribution >= 0.6 is 7.82 Å². The third kappa shape index (κ3) is 50.7. The lowest BCUT2D eigenvalue weighted by atomic mass is 10.0. The Morgan fingerprint density at radius 2 is 0.891 bits per heavy atom. The van der Waals surface area contributed by atoms with E-state index < -0.39 is 26.5 Å². The van der Waals surface area contributed by atoms with Gasteiger partial charge in [0.1, 0.15) is 12.7 Å². The largest absolute Gasteiger partial charge is 0.472 e. The number of allylic oxidation sites excluding steroid dienone is 10. The van der Waals surface area contributed by atoms with Crippen LogP contribution in [0.15, 0.2) is 60.8 Å². The van der Waals surface area contributed by atoms with Crippen LogP contribution in [0.1, 0.15) is 239 Å². The van der Waals surface area contributed by atoms with Crippen LogP contribution in [0.3, 0.4) is 0 Å². The molecule has 372 valence electrons. The van der Waals surface area contributed by atoms with E-state index in [1.807, 2.05) is 0 Å². The van der Waals surface area contributed by atoms with Gasteiger partial charge in [0.25, 0.3) is 0 Å². The van der Waals surface area contributed by atoms with Crippen LogP contribution in [0.5, 0.6) is 0 Å². The summed E-state index contributed by atoms with van der Waals surface area (Å²) < 4.78 is 27.0. The first kappa shape index (κ1) is 61.7. The molecule has 2 unspecified atom stereocenters. The smallest absolute Gasteiger partial charge is 0.463 e. The van der Waals surface area contributed by atoms with Gasteiger partial charge in [-0.15, -0.1) is 0 Å². The van der Waals surface area contributed by atoms with E-state index in [4.69, 9.17) is 13.8 Å². The summed E-state index contributed by atoms with van der Waals surface area (Å²) in [6.07, 6.45) is 61.7. The van der Waals surface area contributed by atoms with Crippen LogP contribution in [-0.4, -0.2) is 54.3 Å². The predicted molar refractivity (Wildman–Crippen MR) is 270 cm³/mol. The Morgan fingerprint density at radius 3 is 1.34 bits per heavy atom. The summed E-state index contributed by atoms with van der Waals surface area (Å²) in [5.41, 5.74) is 0. The van der Waals surface area contributed by atoms with Crippen LogP contribution in [0.2, 0.25) is 0 Å². The quantitative estimate of drug-likeness (QED) is 0.0238. The van der Waals surface area contributed by atoms with Gasteiger partial charge in [0.05, 0.1) is 13.2 Å². The first-order valence-corrected chi connectivity index (χ1v) is 27.8. The minimum absolute atomic E-state index is 0.0780. The van der Waals surface area contributed by atoms with Crippen LogP contribution in [-0.2, 0) is 27.9 Å². The van der Waals surface area contributed by atoms with Crippen molar-refractivity contribution in [1.82, 2.24) is 5.32 Å². The molecule has 0 spiro atoms. The highest BCUT2D eigenvalue weighted by atomic mass is 31.2. The Balaban J connectivity index is 3.57. The molecule has 0 heterocycles. The number of hydrogen-bond donors (Lipinski definition) is 3. The molecule has 0 aromatic heterocycles. The number of ether oxygens (including phenoxy) is 1. The molecule has 64 heavy (non-hydrogen) atoms. The minimum atomic E-state index is -4.43. The third-order valence-electron chi connectivity index (χ3n) is 11.2. The maximum absolute atomic E-state index is 12.2.